The van der Waals surface area contributed by atoms with Crippen molar-refractivity contribution in [3.8, 4) is 0 Å². The van der Waals surface area contributed by atoms with Crippen LogP contribution in [-0.2, 0) is 4.79 Å². The van der Waals surface area contributed by atoms with Crippen LogP contribution in [0.3, 0.4) is 0 Å². The third kappa shape index (κ3) is 1.23. The monoisotopic (exact) mass is 113 g/mol. The van der Waals surface area contributed by atoms with Crippen molar-refractivity contribution >= 4 is 5.78 Å². The Morgan fingerprint density at radius 2 is 2.50 bits per heavy atom. The van der Waals surface area contributed by atoms with Crippen LogP contribution in [0.5, 0.6) is 0 Å². The molecule has 8 heavy (non-hydrogen) atoms. The van der Waals surface area contributed by atoms with Crippen molar-refractivity contribution in [3.05, 3.63) is 6.42 Å². The second kappa shape index (κ2) is 2.18. The van der Waals surface area contributed by atoms with E-state index in [-0.39, 0.29) is 11.9 Å². The number of Topliss-reactive ketones (excluding diaryl/α,β-unsaturated/α-hetero) is 1. The van der Waals surface area contributed by atoms with E-state index in [9.17, 15) is 4.79 Å². The molecule has 0 heterocycles. The molecule has 2 nitrogen and oxygen atoms in total. The molecule has 1 aliphatic rings. The van der Waals surface area contributed by atoms with Gasteiger partial charge in [-0.05, 0) is 0 Å². The lowest BCUT2D eigenvalue weighted by Crippen LogP contribution is -2.18. The van der Waals surface area contributed by atoms with Crippen molar-refractivity contribution in [2.24, 2.45) is 0 Å². The highest BCUT2D eigenvalue weighted by Crippen LogP contribution is 2.12. The SMILES string of the molecule is O=C1C[CH+]C(O)CC1. The molecule has 1 rings (SSSR count). The molecule has 0 spiro atoms. The standard InChI is InChI=1S/C6H9O2/c7-5-1-2-6(8)4-3-5/h1,5,7H,2-4H2/q+1. The predicted molar refractivity (Wildman–Crippen MR) is 29.2 cm³/mol. The van der Waals surface area contributed by atoms with E-state index in [1.807, 2.05) is 0 Å². The maximum absolute atomic E-state index is 10.5. The molecule has 1 saturated carbocycles. The zero-order valence-corrected chi connectivity index (χ0v) is 4.63. The first-order valence-electron chi connectivity index (χ1n) is 2.82. The summed E-state index contributed by atoms with van der Waals surface area (Å²) < 4.78 is 0. The molecule has 0 amide bonds. The molecule has 0 aliphatic heterocycles. The smallest absolute Gasteiger partial charge is 0.195 e. The molecular weight excluding hydrogens is 104 g/mol. The molecule has 1 fully saturated rings. The summed E-state index contributed by atoms with van der Waals surface area (Å²) in [5.41, 5.74) is 0. The molecule has 44 valence electrons. The molecule has 0 bridgehead atoms. The number of aliphatic hydroxyl groups is 1. The van der Waals surface area contributed by atoms with Gasteiger partial charge in [-0.1, -0.05) is 0 Å². The Morgan fingerprint density at radius 3 is 2.88 bits per heavy atom. The van der Waals surface area contributed by atoms with Gasteiger partial charge in [-0.3, -0.25) is 4.79 Å². The zero-order chi connectivity index (χ0) is 5.98. The molecule has 0 saturated heterocycles. The second-order valence-corrected chi connectivity index (χ2v) is 2.08. The van der Waals surface area contributed by atoms with Crippen molar-refractivity contribution in [1.29, 1.82) is 0 Å². The van der Waals surface area contributed by atoms with Gasteiger partial charge in [0.05, 0.1) is 0 Å². The van der Waals surface area contributed by atoms with Crippen molar-refractivity contribution in [2.75, 3.05) is 0 Å². The summed E-state index contributed by atoms with van der Waals surface area (Å²) in [4.78, 5) is 10.5. The lowest BCUT2D eigenvalue weighted by Gasteiger charge is -2.05. The minimum absolute atomic E-state index is 0.246. The summed E-state index contributed by atoms with van der Waals surface area (Å²) in [6.07, 6.45) is 2.97. The van der Waals surface area contributed by atoms with Gasteiger partial charge in [0.1, 0.15) is 12.8 Å². The third-order valence-electron chi connectivity index (χ3n) is 1.34. The number of ketones is 1. The average Bonchev–Trinajstić information content (AvgIpc) is 1.77. The molecule has 1 atom stereocenters. The Balaban J connectivity index is 2.29. The topological polar surface area (TPSA) is 37.3 Å². The Morgan fingerprint density at radius 1 is 1.75 bits per heavy atom. The normalized spacial score (nSPS) is 29.6. The predicted octanol–water partition coefficient (Wildman–Crippen LogP) is 0.305. The van der Waals surface area contributed by atoms with Crippen LogP contribution in [0.15, 0.2) is 0 Å². The number of hydrogen-bond donors (Lipinski definition) is 1. The fourth-order valence-corrected chi connectivity index (χ4v) is 0.796. The highest BCUT2D eigenvalue weighted by Gasteiger charge is 2.23. The van der Waals surface area contributed by atoms with E-state index in [0.29, 0.717) is 19.3 Å². The van der Waals surface area contributed by atoms with Crippen LogP contribution in [0, 0.1) is 6.42 Å². The minimum Gasteiger partial charge on any atom is -0.353 e. The Hall–Kier alpha value is -0.500. The lowest BCUT2D eigenvalue weighted by atomic mass is 9.97. The fraction of sp³-hybridized carbons (Fsp3) is 0.667. The summed E-state index contributed by atoms with van der Waals surface area (Å²) in [7, 11) is 0. The Labute approximate surface area is 48.5 Å². The summed E-state index contributed by atoms with van der Waals surface area (Å²) in [6, 6.07) is 0. The van der Waals surface area contributed by atoms with Gasteiger partial charge in [0.2, 0.25) is 0 Å². The van der Waals surface area contributed by atoms with E-state index in [0.717, 1.165) is 0 Å². The van der Waals surface area contributed by atoms with Gasteiger partial charge in [0, 0.05) is 12.8 Å². The largest absolute Gasteiger partial charge is 0.353 e. The highest BCUT2D eigenvalue weighted by molar-refractivity contribution is 5.80. The van der Waals surface area contributed by atoms with Crippen LogP contribution >= 0.6 is 0 Å². The second-order valence-electron chi connectivity index (χ2n) is 2.08. The molecule has 1 aliphatic carbocycles. The lowest BCUT2D eigenvalue weighted by molar-refractivity contribution is -0.120. The summed E-state index contributed by atoms with van der Waals surface area (Å²) in [6.45, 7) is 0. The van der Waals surface area contributed by atoms with Gasteiger partial charge in [-0.2, -0.15) is 0 Å². The number of carbonyl (C=O) groups excluding carboxylic acids is 1. The number of aliphatic hydroxyl groups excluding tert-OH is 1. The van der Waals surface area contributed by atoms with Crippen molar-refractivity contribution in [1.82, 2.24) is 0 Å². The van der Waals surface area contributed by atoms with E-state index in [2.05, 4.69) is 0 Å². The van der Waals surface area contributed by atoms with E-state index >= 15 is 0 Å². The zero-order valence-electron chi connectivity index (χ0n) is 4.63. The van der Waals surface area contributed by atoms with Gasteiger partial charge in [0.15, 0.2) is 11.9 Å². The summed E-state index contributed by atoms with van der Waals surface area (Å²) >= 11 is 0. The molecule has 0 aromatic heterocycles. The number of carbonyl (C=O) groups is 1. The summed E-state index contributed by atoms with van der Waals surface area (Å²) in [5.74, 6) is 0.246. The maximum Gasteiger partial charge on any atom is 0.195 e. The molecular formula is C6H9O2+. The van der Waals surface area contributed by atoms with E-state index in [4.69, 9.17) is 5.11 Å². The van der Waals surface area contributed by atoms with Gasteiger partial charge >= 0.3 is 0 Å². The van der Waals surface area contributed by atoms with Gasteiger partial charge in [0.25, 0.3) is 0 Å². The molecule has 2 heteroatoms. The molecule has 0 aromatic carbocycles. The molecule has 0 aromatic rings. The van der Waals surface area contributed by atoms with Gasteiger partial charge < -0.3 is 5.11 Å². The van der Waals surface area contributed by atoms with Crippen LogP contribution < -0.4 is 0 Å². The van der Waals surface area contributed by atoms with Crippen molar-refractivity contribution in [3.63, 3.8) is 0 Å². The van der Waals surface area contributed by atoms with E-state index in [1.165, 1.54) is 0 Å². The van der Waals surface area contributed by atoms with Crippen LogP contribution in [0.4, 0.5) is 0 Å². The van der Waals surface area contributed by atoms with Crippen LogP contribution in [0.25, 0.3) is 0 Å². The molecule has 1 unspecified atom stereocenters. The van der Waals surface area contributed by atoms with E-state index in [1.54, 1.807) is 6.42 Å². The van der Waals surface area contributed by atoms with Crippen LogP contribution in [-0.4, -0.2) is 17.0 Å². The highest BCUT2D eigenvalue weighted by atomic mass is 16.3. The quantitative estimate of drug-likeness (QED) is 0.459. The Bertz CT molecular complexity index is 88.7. The van der Waals surface area contributed by atoms with Crippen LogP contribution in [0.1, 0.15) is 19.3 Å². The van der Waals surface area contributed by atoms with Crippen LogP contribution in [0.2, 0.25) is 0 Å². The minimum atomic E-state index is -0.326. The number of hydrogen-bond acceptors (Lipinski definition) is 2. The van der Waals surface area contributed by atoms with E-state index < -0.39 is 0 Å². The van der Waals surface area contributed by atoms with Gasteiger partial charge in [-0.15, -0.1) is 0 Å². The third-order valence-corrected chi connectivity index (χ3v) is 1.34. The first-order chi connectivity index (χ1) is 3.79. The maximum atomic E-state index is 10.5. The molecule has 0 radical (unpaired) electrons. The van der Waals surface area contributed by atoms with Crippen molar-refractivity contribution in [2.45, 2.75) is 25.4 Å². The van der Waals surface area contributed by atoms with Crippen molar-refractivity contribution < 1.29 is 9.90 Å². The fourth-order valence-electron chi connectivity index (χ4n) is 0.796. The summed E-state index contributed by atoms with van der Waals surface area (Å²) in [5, 5.41) is 8.82. The first-order valence-corrected chi connectivity index (χ1v) is 2.82. The van der Waals surface area contributed by atoms with Gasteiger partial charge in [-0.25, -0.2) is 0 Å². The first kappa shape index (κ1) is 5.63. The number of rotatable bonds is 0. The average molecular weight is 113 g/mol. The Kier molecular flexibility index (Phi) is 1.53. The molecule has 1 N–H and O–H groups in total.